The minimum Gasteiger partial charge on any atom is -0.342 e. The maximum atomic E-state index is 13.7. The Morgan fingerprint density at radius 2 is 2.09 bits per heavy atom. The van der Waals surface area contributed by atoms with Crippen LogP contribution in [0.1, 0.15) is 60.9 Å². The number of halogens is 2. The van der Waals surface area contributed by atoms with E-state index in [1.165, 1.54) is 0 Å². The fourth-order valence-corrected chi connectivity index (χ4v) is 3.04. The van der Waals surface area contributed by atoms with Crippen LogP contribution in [-0.2, 0) is 0 Å². The lowest BCUT2D eigenvalue weighted by molar-refractivity contribution is 0.0932. The van der Waals surface area contributed by atoms with E-state index >= 15 is 0 Å². The Labute approximate surface area is 132 Å². The maximum absolute atomic E-state index is 13.7. The average molecular weight is 320 g/mol. The van der Waals surface area contributed by atoms with Crippen LogP contribution in [0.5, 0.6) is 0 Å². The van der Waals surface area contributed by atoms with E-state index in [9.17, 15) is 13.6 Å². The summed E-state index contributed by atoms with van der Waals surface area (Å²) in [6, 6.07) is 2.69. The Bertz CT molecular complexity index is 710. The molecule has 122 valence electrons. The highest BCUT2D eigenvalue weighted by molar-refractivity contribution is 5.94. The van der Waals surface area contributed by atoms with Crippen molar-refractivity contribution in [1.29, 1.82) is 0 Å². The molecule has 0 aliphatic heterocycles. The van der Waals surface area contributed by atoms with Crippen molar-refractivity contribution in [3.63, 3.8) is 0 Å². The molecule has 1 atom stereocenters. The third kappa shape index (κ3) is 3.23. The van der Waals surface area contributed by atoms with E-state index in [1.54, 1.807) is 13.3 Å². The van der Waals surface area contributed by atoms with E-state index in [1.807, 2.05) is 4.57 Å². The number of nitrogens with one attached hydrogen (secondary N) is 1. The normalized spacial score (nSPS) is 16.5. The second kappa shape index (κ2) is 6.44. The Hall–Kier alpha value is -2.31. The fourth-order valence-electron chi connectivity index (χ4n) is 3.04. The zero-order valence-corrected chi connectivity index (χ0v) is 12.8. The van der Waals surface area contributed by atoms with Crippen LogP contribution in [0, 0.1) is 11.6 Å². The number of nitrogens with zero attached hydrogens (tertiary/aromatic N) is 3. The van der Waals surface area contributed by atoms with Gasteiger partial charge in [0.2, 0.25) is 0 Å². The molecule has 1 aromatic carbocycles. The number of carbonyl (C=O) groups is 1. The lowest BCUT2D eigenvalue weighted by Crippen LogP contribution is -2.30. The van der Waals surface area contributed by atoms with Gasteiger partial charge in [0, 0.05) is 6.04 Å². The first-order valence-corrected chi connectivity index (χ1v) is 7.71. The predicted octanol–water partition coefficient (Wildman–Crippen LogP) is 3.16. The molecule has 7 heteroatoms. The summed E-state index contributed by atoms with van der Waals surface area (Å²) < 4.78 is 28.9. The summed E-state index contributed by atoms with van der Waals surface area (Å²) in [5, 5.41) is 10.7. The van der Waals surface area contributed by atoms with Gasteiger partial charge in [-0.15, -0.1) is 10.2 Å². The largest absolute Gasteiger partial charge is 0.342 e. The Morgan fingerprint density at radius 3 is 2.83 bits per heavy atom. The van der Waals surface area contributed by atoms with Crippen molar-refractivity contribution in [3.8, 4) is 0 Å². The molecule has 3 rings (SSSR count). The molecule has 1 saturated carbocycles. The van der Waals surface area contributed by atoms with Crippen molar-refractivity contribution in [1.82, 2.24) is 20.1 Å². The van der Waals surface area contributed by atoms with Gasteiger partial charge in [-0.05, 0) is 38.0 Å². The third-order valence-electron chi connectivity index (χ3n) is 4.23. The number of amides is 1. The number of carbonyl (C=O) groups excluding carboxylic acids is 1. The highest BCUT2D eigenvalue weighted by Gasteiger charge is 2.24. The van der Waals surface area contributed by atoms with E-state index in [0.717, 1.165) is 43.9 Å². The zero-order valence-electron chi connectivity index (χ0n) is 12.8. The summed E-state index contributed by atoms with van der Waals surface area (Å²) in [6.07, 6.45) is 6.11. The van der Waals surface area contributed by atoms with Crippen LogP contribution in [0.3, 0.4) is 0 Å². The molecule has 2 aromatic rings. The van der Waals surface area contributed by atoms with Crippen molar-refractivity contribution in [2.24, 2.45) is 0 Å². The average Bonchev–Trinajstić information content (AvgIpc) is 3.19. The van der Waals surface area contributed by atoms with Gasteiger partial charge in [-0.2, -0.15) is 0 Å². The molecular formula is C16H18F2N4O. The molecule has 23 heavy (non-hydrogen) atoms. The summed E-state index contributed by atoms with van der Waals surface area (Å²) in [4.78, 5) is 12.2. The van der Waals surface area contributed by atoms with E-state index in [2.05, 4.69) is 15.5 Å². The summed E-state index contributed by atoms with van der Waals surface area (Å²) in [7, 11) is 0. The Balaban J connectivity index is 1.76. The van der Waals surface area contributed by atoms with Gasteiger partial charge in [0.25, 0.3) is 5.91 Å². The molecule has 1 fully saturated rings. The molecule has 1 aliphatic rings. The molecule has 0 saturated heterocycles. The van der Waals surface area contributed by atoms with Crippen LogP contribution in [0.2, 0.25) is 0 Å². The molecule has 1 aromatic heterocycles. The van der Waals surface area contributed by atoms with Gasteiger partial charge in [0.1, 0.15) is 18.0 Å². The Morgan fingerprint density at radius 1 is 1.35 bits per heavy atom. The van der Waals surface area contributed by atoms with Crippen molar-refractivity contribution in [2.75, 3.05) is 0 Å². The van der Waals surface area contributed by atoms with Gasteiger partial charge in [-0.25, -0.2) is 8.78 Å². The Kier molecular flexibility index (Phi) is 4.36. The third-order valence-corrected chi connectivity index (χ3v) is 4.23. The maximum Gasteiger partial charge on any atom is 0.254 e. The molecule has 5 nitrogen and oxygen atoms in total. The number of rotatable bonds is 4. The van der Waals surface area contributed by atoms with Gasteiger partial charge in [-0.3, -0.25) is 4.79 Å². The lowest BCUT2D eigenvalue weighted by Gasteiger charge is -2.18. The number of hydrogen-bond acceptors (Lipinski definition) is 3. The smallest absolute Gasteiger partial charge is 0.254 e. The van der Waals surface area contributed by atoms with Crippen LogP contribution < -0.4 is 5.32 Å². The molecule has 1 heterocycles. The molecular weight excluding hydrogens is 302 g/mol. The van der Waals surface area contributed by atoms with Gasteiger partial charge < -0.3 is 9.88 Å². The summed E-state index contributed by atoms with van der Waals surface area (Å²) in [6.45, 7) is 1.75. The first-order valence-electron chi connectivity index (χ1n) is 7.71. The van der Waals surface area contributed by atoms with Crippen molar-refractivity contribution < 1.29 is 13.6 Å². The highest BCUT2D eigenvalue weighted by atomic mass is 19.1. The number of hydrogen-bond donors (Lipinski definition) is 1. The van der Waals surface area contributed by atoms with Gasteiger partial charge >= 0.3 is 0 Å². The summed E-state index contributed by atoms with van der Waals surface area (Å²) in [5.74, 6) is -1.45. The fraction of sp³-hybridized carbons (Fsp3) is 0.438. The molecule has 0 unspecified atom stereocenters. The predicted molar refractivity (Wildman–Crippen MR) is 79.8 cm³/mol. The topological polar surface area (TPSA) is 59.8 Å². The van der Waals surface area contributed by atoms with E-state index in [0.29, 0.717) is 11.9 Å². The van der Waals surface area contributed by atoms with Crippen LogP contribution in [0.25, 0.3) is 0 Å². The summed E-state index contributed by atoms with van der Waals surface area (Å²) in [5.41, 5.74) is -0.316. The van der Waals surface area contributed by atoms with E-state index < -0.39 is 23.6 Å². The van der Waals surface area contributed by atoms with E-state index in [4.69, 9.17) is 0 Å². The van der Waals surface area contributed by atoms with Crippen molar-refractivity contribution >= 4 is 5.91 Å². The number of aromatic nitrogens is 3. The molecule has 1 N–H and O–H groups in total. The second-order valence-electron chi connectivity index (χ2n) is 5.85. The first-order chi connectivity index (χ1) is 11.1. The van der Waals surface area contributed by atoms with Crippen LogP contribution in [0.15, 0.2) is 24.5 Å². The monoisotopic (exact) mass is 320 g/mol. The lowest BCUT2D eigenvalue weighted by atomic mass is 10.1. The molecule has 0 radical (unpaired) electrons. The SMILES string of the molecule is C[C@H](NC(=O)c1cc(F)ccc1F)c1nncn1C1CCCC1. The highest BCUT2D eigenvalue weighted by Crippen LogP contribution is 2.31. The number of benzene rings is 1. The standard InChI is InChI=1S/C16H18F2N4O/c1-10(15-21-19-9-22(15)12-4-2-3-5-12)20-16(23)13-8-11(17)6-7-14(13)18/h6-10,12H,2-5H2,1H3,(H,20,23)/t10-/m0/s1. The molecule has 1 amide bonds. The minimum absolute atomic E-state index is 0.316. The van der Waals surface area contributed by atoms with E-state index in [-0.39, 0.29) is 5.56 Å². The molecule has 0 spiro atoms. The zero-order chi connectivity index (χ0) is 16.4. The van der Waals surface area contributed by atoms with Crippen LogP contribution >= 0.6 is 0 Å². The van der Waals surface area contributed by atoms with Gasteiger partial charge in [0.05, 0.1) is 11.6 Å². The second-order valence-corrected chi connectivity index (χ2v) is 5.85. The van der Waals surface area contributed by atoms with Crippen molar-refractivity contribution in [3.05, 3.63) is 47.5 Å². The quantitative estimate of drug-likeness (QED) is 0.941. The van der Waals surface area contributed by atoms with Crippen LogP contribution in [0.4, 0.5) is 8.78 Å². The molecule has 1 aliphatic carbocycles. The van der Waals surface area contributed by atoms with Crippen molar-refractivity contribution in [2.45, 2.75) is 44.7 Å². The van der Waals surface area contributed by atoms with Gasteiger partial charge in [-0.1, -0.05) is 12.8 Å². The van der Waals surface area contributed by atoms with Gasteiger partial charge in [0.15, 0.2) is 5.82 Å². The summed E-state index contributed by atoms with van der Waals surface area (Å²) >= 11 is 0. The first kappa shape index (κ1) is 15.6. The molecule has 0 bridgehead atoms. The van der Waals surface area contributed by atoms with Crippen LogP contribution in [-0.4, -0.2) is 20.7 Å². The minimum atomic E-state index is -0.756.